The summed E-state index contributed by atoms with van der Waals surface area (Å²) < 4.78 is 21.6. The highest BCUT2D eigenvalue weighted by molar-refractivity contribution is 7.09. The minimum Gasteiger partial charge on any atom is -0.493 e. The van der Waals surface area contributed by atoms with Crippen molar-refractivity contribution in [2.75, 3.05) is 41.5 Å². The van der Waals surface area contributed by atoms with Gasteiger partial charge in [-0.2, -0.15) is 0 Å². The van der Waals surface area contributed by atoms with Crippen LogP contribution in [0.25, 0.3) is 0 Å². The lowest BCUT2D eigenvalue weighted by Crippen LogP contribution is -2.27. The minimum atomic E-state index is -0.173. The summed E-state index contributed by atoms with van der Waals surface area (Å²) in [5.41, 5.74) is 5.12. The van der Waals surface area contributed by atoms with Gasteiger partial charge in [-0.3, -0.25) is 9.69 Å². The number of aryl methyl sites for hydroxylation is 1. The number of amides is 1. The van der Waals surface area contributed by atoms with Crippen LogP contribution in [0, 0.1) is 6.92 Å². The number of benzene rings is 3. The Morgan fingerprint density at radius 1 is 0.762 bits per heavy atom. The zero-order chi connectivity index (χ0) is 29.9. The maximum absolute atomic E-state index is 12.9. The zero-order valence-electron chi connectivity index (χ0n) is 24.9. The third kappa shape index (κ3) is 8.47. The number of aromatic nitrogens is 1. The van der Waals surface area contributed by atoms with Gasteiger partial charge in [0.1, 0.15) is 10.7 Å². The van der Waals surface area contributed by atoms with E-state index in [1.54, 1.807) is 28.4 Å². The molecule has 1 heterocycles. The lowest BCUT2D eigenvalue weighted by atomic mass is 10.1. The van der Waals surface area contributed by atoms with Gasteiger partial charge in [-0.25, -0.2) is 4.98 Å². The average molecular weight is 590 g/mol. The molecule has 0 saturated heterocycles. The number of methoxy groups -OCH3 is 4. The van der Waals surface area contributed by atoms with Gasteiger partial charge in [0.2, 0.25) is 0 Å². The maximum atomic E-state index is 12.9. The predicted molar refractivity (Wildman–Crippen MR) is 166 cm³/mol. The van der Waals surface area contributed by atoms with E-state index >= 15 is 0 Å². The summed E-state index contributed by atoms with van der Waals surface area (Å²) in [6.07, 6.45) is 1.50. The van der Waals surface area contributed by atoms with Crippen molar-refractivity contribution in [3.63, 3.8) is 0 Å². The lowest BCUT2D eigenvalue weighted by molar-refractivity contribution is 0.0949. The summed E-state index contributed by atoms with van der Waals surface area (Å²) >= 11 is 1.51. The van der Waals surface area contributed by atoms with E-state index in [-0.39, 0.29) is 5.91 Å². The molecule has 0 bridgehead atoms. The zero-order valence-corrected chi connectivity index (χ0v) is 25.8. The number of ether oxygens (including phenoxy) is 4. The molecule has 1 amide bonds. The molecule has 0 aliphatic carbocycles. The smallest absolute Gasteiger partial charge is 0.270 e. The Bertz CT molecular complexity index is 1450. The summed E-state index contributed by atoms with van der Waals surface area (Å²) in [6.45, 7) is 4.82. The SMILES string of the molecule is COc1ccc(CCNC(=O)c2csc(CN(CCc3ccc(OC)c(OC)c3)Cc3ccc(C)cc3)n2)cc1OC. The molecule has 3 aromatic carbocycles. The van der Waals surface area contributed by atoms with Crippen molar-refractivity contribution in [3.8, 4) is 23.0 Å². The van der Waals surface area contributed by atoms with Gasteiger partial charge in [-0.1, -0.05) is 42.0 Å². The van der Waals surface area contributed by atoms with Crippen LogP contribution in [0.4, 0.5) is 0 Å². The quantitative estimate of drug-likeness (QED) is 0.190. The van der Waals surface area contributed by atoms with Crippen LogP contribution in [-0.2, 0) is 25.9 Å². The highest BCUT2D eigenvalue weighted by Gasteiger charge is 2.15. The molecule has 0 aliphatic heterocycles. The summed E-state index contributed by atoms with van der Waals surface area (Å²) in [6, 6.07) is 20.4. The first kappa shape index (κ1) is 30.9. The molecule has 8 nitrogen and oxygen atoms in total. The van der Waals surface area contributed by atoms with Crippen LogP contribution in [0.5, 0.6) is 23.0 Å². The third-order valence-electron chi connectivity index (χ3n) is 6.98. The monoisotopic (exact) mass is 589 g/mol. The van der Waals surface area contributed by atoms with Crippen LogP contribution in [0.3, 0.4) is 0 Å². The Kier molecular flexibility index (Phi) is 11.2. The standard InChI is InChI=1S/C33H39N3O5S/c1-23-6-8-26(9-7-23)20-36(17-15-25-11-13-29(39-3)31(19-25)41-5)21-32-35-27(22-42-32)33(37)34-16-14-24-10-12-28(38-2)30(18-24)40-4/h6-13,18-19,22H,14-17,20-21H2,1-5H3,(H,34,37). The number of thiazole rings is 1. The van der Waals surface area contributed by atoms with Crippen molar-refractivity contribution >= 4 is 17.2 Å². The summed E-state index contributed by atoms with van der Waals surface area (Å²) in [4.78, 5) is 19.9. The van der Waals surface area contributed by atoms with E-state index < -0.39 is 0 Å². The van der Waals surface area contributed by atoms with E-state index in [1.807, 2.05) is 35.7 Å². The topological polar surface area (TPSA) is 82.2 Å². The largest absolute Gasteiger partial charge is 0.493 e. The van der Waals surface area contributed by atoms with Crippen LogP contribution in [0.1, 0.15) is 37.7 Å². The molecule has 4 aromatic rings. The molecule has 4 rings (SSSR count). The van der Waals surface area contributed by atoms with Crippen LogP contribution in [0.2, 0.25) is 0 Å². The fraction of sp³-hybridized carbons (Fsp3) is 0.333. The summed E-state index contributed by atoms with van der Waals surface area (Å²) in [5, 5.41) is 5.72. The van der Waals surface area contributed by atoms with Crippen LogP contribution in [-0.4, -0.2) is 57.3 Å². The number of rotatable bonds is 15. The number of carbonyl (C=O) groups excluding carboxylic acids is 1. The minimum absolute atomic E-state index is 0.173. The van der Waals surface area contributed by atoms with Crippen LogP contribution in [0.15, 0.2) is 66.0 Å². The van der Waals surface area contributed by atoms with Crippen molar-refractivity contribution < 1.29 is 23.7 Å². The first-order valence-corrected chi connectivity index (χ1v) is 14.7. The predicted octanol–water partition coefficient (Wildman–Crippen LogP) is 5.70. The molecule has 0 atom stereocenters. The van der Waals surface area contributed by atoms with Gasteiger partial charge in [0, 0.05) is 25.0 Å². The van der Waals surface area contributed by atoms with Gasteiger partial charge in [-0.05, 0) is 60.7 Å². The van der Waals surface area contributed by atoms with Gasteiger partial charge < -0.3 is 24.3 Å². The molecular weight excluding hydrogens is 550 g/mol. The molecule has 0 fully saturated rings. The lowest BCUT2D eigenvalue weighted by Gasteiger charge is -2.22. The molecule has 0 radical (unpaired) electrons. The second-order valence-corrected chi connectivity index (χ2v) is 10.9. The Hall–Kier alpha value is -4.08. The fourth-order valence-electron chi connectivity index (χ4n) is 4.62. The number of nitrogens with one attached hydrogen (secondary N) is 1. The Balaban J connectivity index is 1.38. The van der Waals surface area contributed by atoms with Crippen molar-refractivity contribution in [2.24, 2.45) is 0 Å². The Morgan fingerprint density at radius 2 is 1.33 bits per heavy atom. The van der Waals surface area contributed by atoms with E-state index in [0.717, 1.165) is 47.1 Å². The van der Waals surface area contributed by atoms with Gasteiger partial charge in [0.05, 0.1) is 35.0 Å². The molecule has 9 heteroatoms. The van der Waals surface area contributed by atoms with Crippen LogP contribution >= 0.6 is 11.3 Å². The van der Waals surface area contributed by atoms with E-state index in [2.05, 4.69) is 52.5 Å². The average Bonchev–Trinajstić information content (AvgIpc) is 3.49. The van der Waals surface area contributed by atoms with Crippen molar-refractivity contribution in [1.29, 1.82) is 0 Å². The highest BCUT2D eigenvalue weighted by atomic mass is 32.1. The van der Waals surface area contributed by atoms with Gasteiger partial charge in [0.25, 0.3) is 5.91 Å². The first-order chi connectivity index (χ1) is 20.4. The Morgan fingerprint density at radius 3 is 1.93 bits per heavy atom. The molecule has 1 N–H and O–H groups in total. The second kappa shape index (κ2) is 15.2. The normalized spacial score (nSPS) is 10.9. The van der Waals surface area contributed by atoms with Crippen LogP contribution < -0.4 is 24.3 Å². The van der Waals surface area contributed by atoms with Gasteiger partial charge >= 0.3 is 0 Å². The number of carbonyl (C=O) groups is 1. The van der Waals surface area contributed by atoms with Crippen molar-refractivity contribution in [1.82, 2.24) is 15.2 Å². The Labute approximate surface area is 252 Å². The third-order valence-corrected chi connectivity index (χ3v) is 7.82. The number of hydrogen-bond acceptors (Lipinski definition) is 8. The molecule has 0 aliphatic rings. The maximum Gasteiger partial charge on any atom is 0.270 e. The van der Waals surface area contributed by atoms with Crippen molar-refractivity contribution in [2.45, 2.75) is 32.9 Å². The molecule has 1 aromatic heterocycles. The van der Waals surface area contributed by atoms with Gasteiger partial charge in [0.15, 0.2) is 23.0 Å². The van der Waals surface area contributed by atoms with Gasteiger partial charge in [-0.15, -0.1) is 11.3 Å². The number of hydrogen-bond donors (Lipinski definition) is 1. The molecule has 0 saturated carbocycles. The van der Waals surface area contributed by atoms with E-state index in [1.165, 1.54) is 22.5 Å². The first-order valence-electron chi connectivity index (χ1n) is 13.8. The summed E-state index contributed by atoms with van der Waals surface area (Å²) in [7, 11) is 6.51. The molecular formula is C33H39N3O5S. The second-order valence-electron chi connectivity index (χ2n) is 9.96. The van der Waals surface area contributed by atoms with E-state index in [0.29, 0.717) is 36.7 Å². The molecule has 0 unspecified atom stereocenters. The summed E-state index contributed by atoms with van der Waals surface area (Å²) in [5.74, 6) is 2.62. The highest BCUT2D eigenvalue weighted by Crippen LogP contribution is 2.29. The van der Waals surface area contributed by atoms with E-state index in [4.69, 9.17) is 18.9 Å². The molecule has 0 spiro atoms. The van der Waals surface area contributed by atoms with E-state index in [9.17, 15) is 4.79 Å². The van der Waals surface area contributed by atoms with Crippen molar-refractivity contribution in [3.05, 3.63) is 99.0 Å². The number of nitrogens with zero attached hydrogens (tertiary/aromatic N) is 2. The molecule has 222 valence electrons. The fourth-order valence-corrected chi connectivity index (χ4v) is 5.43. The molecule has 42 heavy (non-hydrogen) atoms.